The van der Waals surface area contributed by atoms with Gasteiger partial charge in [0.2, 0.25) is 5.91 Å². The van der Waals surface area contributed by atoms with Crippen LogP contribution in [-0.4, -0.2) is 41.0 Å². The van der Waals surface area contributed by atoms with E-state index >= 15 is 0 Å². The van der Waals surface area contributed by atoms with E-state index < -0.39 is 0 Å². The van der Waals surface area contributed by atoms with Crippen LogP contribution in [0.1, 0.15) is 34.3 Å². The fourth-order valence-corrected chi connectivity index (χ4v) is 3.13. The van der Waals surface area contributed by atoms with Gasteiger partial charge in [-0.15, -0.1) is 0 Å². The standard InChI is InChI=1S/C21H24N2O3/c1-15-4-2-3-5-19(15)21(26)22-17-8-6-16(7-9-17)14-20(25)23-12-10-18(24)11-13-23/h2-9,18,24H,10-14H2,1H3,(H,22,26). The zero-order chi connectivity index (χ0) is 18.5. The van der Waals surface area contributed by atoms with Crippen LogP contribution >= 0.6 is 0 Å². The van der Waals surface area contributed by atoms with E-state index in [4.69, 9.17) is 0 Å². The second kappa shape index (κ2) is 8.15. The molecule has 2 N–H and O–H groups in total. The van der Waals surface area contributed by atoms with Gasteiger partial charge in [0.1, 0.15) is 0 Å². The average molecular weight is 352 g/mol. The van der Waals surface area contributed by atoms with Crippen LogP contribution in [0.15, 0.2) is 48.5 Å². The molecule has 1 aliphatic rings. The number of carbonyl (C=O) groups excluding carboxylic acids is 2. The van der Waals surface area contributed by atoms with Crippen molar-refractivity contribution in [1.82, 2.24) is 4.90 Å². The molecule has 1 heterocycles. The maximum absolute atomic E-state index is 12.3. The molecule has 0 bridgehead atoms. The smallest absolute Gasteiger partial charge is 0.255 e. The van der Waals surface area contributed by atoms with Gasteiger partial charge in [-0.2, -0.15) is 0 Å². The van der Waals surface area contributed by atoms with Crippen molar-refractivity contribution in [3.05, 3.63) is 65.2 Å². The highest BCUT2D eigenvalue weighted by molar-refractivity contribution is 6.05. The second-order valence-electron chi connectivity index (χ2n) is 6.75. The number of hydrogen-bond acceptors (Lipinski definition) is 3. The summed E-state index contributed by atoms with van der Waals surface area (Å²) in [6.45, 7) is 3.14. The van der Waals surface area contributed by atoms with Crippen LogP contribution in [0.3, 0.4) is 0 Å². The predicted molar refractivity (Wildman–Crippen MR) is 101 cm³/mol. The van der Waals surface area contributed by atoms with Gasteiger partial charge in [-0.1, -0.05) is 30.3 Å². The molecule has 0 saturated carbocycles. The summed E-state index contributed by atoms with van der Waals surface area (Å²) in [7, 11) is 0. The lowest BCUT2D eigenvalue weighted by Gasteiger charge is -2.29. The topological polar surface area (TPSA) is 69.6 Å². The van der Waals surface area contributed by atoms with E-state index in [1.807, 2.05) is 49.4 Å². The van der Waals surface area contributed by atoms with Crippen LogP contribution in [-0.2, 0) is 11.2 Å². The largest absolute Gasteiger partial charge is 0.393 e. The molecule has 0 aromatic heterocycles. The number of carbonyl (C=O) groups is 2. The Labute approximate surface area is 153 Å². The first-order valence-electron chi connectivity index (χ1n) is 8.94. The van der Waals surface area contributed by atoms with Crippen LogP contribution in [0.5, 0.6) is 0 Å². The van der Waals surface area contributed by atoms with E-state index in [1.165, 1.54) is 0 Å². The zero-order valence-electron chi connectivity index (χ0n) is 14.9. The van der Waals surface area contributed by atoms with Gasteiger partial charge < -0.3 is 15.3 Å². The van der Waals surface area contributed by atoms with Gasteiger partial charge in [-0.3, -0.25) is 9.59 Å². The third-order valence-corrected chi connectivity index (χ3v) is 4.77. The third kappa shape index (κ3) is 4.49. The van der Waals surface area contributed by atoms with Crippen LogP contribution < -0.4 is 5.32 Å². The first-order valence-corrected chi connectivity index (χ1v) is 8.94. The summed E-state index contributed by atoms with van der Waals surface area (Å²) >= 11 is 0. The molecule has 3 rings (SSSR count). The number of piperidine rings is 1. The summed E-state index contributed by atoms with van der Waals surface area (Å²) in [6, 6.07) is 14.8. The van der Waals surface area contributed by atoms with Crippen molar-refractivity contribution in [2.24, 2.45) is 0 Å². The second-order valence-corrected chi connectivity index (χ2v) is 6.75. The molecule has 5 nitrogen and oxygen atoms in total. The number of nitrogens with zero attached hydrogens (tertiary/aromatic N) is 1. The van der Waals surface area contributed by atoms with Gasteiger partial charge in [0.25, 0.3) is 5.91 Å². The maximum atomic E-state index is 12.3. The van der Waals surface area contributed by atoms with E-state index in [0.29, 0.717) is 43.6 Å². The lowest BCUT2D eigenvalue weighted by molar-refractivity contribution is -0.132. The highest BCUT2D eigenvalue weighted by Gasteiger charge is 2.21. The van der Waals surface area contributed by atoms with E-state index in [9.17, 15) is 14.7 Å². The number of amides is 2. The number of hydrogen-bond donors (Lipinski definition) is 2. The zero-order valence-corrected chi connectivity index (χ0v) is 14.9. The molecule has 1 aliphatic heterocycles. The molecule has 1 fully saturated rings. The normalized spacial score (nSPS) is 14.9. The summed E-state index contributed by atoms with van der Waals surface area (Å²) in [5, 5.41) is 12.4. The summed E-state index contributed by atoms with van der Waals surface area (Å²) < 4.78 is 0. The summed E-state index contributed by atoms with van der Waals surface area (Å²) in [5.74, 6) is -0.0626. The van der Waals surface area contributed by atoms with Crippen molar-refractivity contribution in [3.8, 4) is 0 Å². The van der Waals surface area contributed by atoms with Gasteiger partial charge in [0.15, 0.2) is 0 Å². The number of benzene rings is 2. The fourth-order valence-electron chi connectivity index (χ4n) is 3.13. The SMILES string of the molecule is Cc1ccccc1C(=O)Nc1ccc(CC(=O)N2CCC(O)CC2)cc1. The lowest BCUT2D eigenvalue weighted by Crippen LogP contribution is -2.40. The minimum atomic E-state index is -0.282. The molecule has 0 spiro atoms. The van der Waals surface area contributed by atoms with E-state index in [2.05, 4.69) is 5.32 Å². The number of likely N-dealkylation sites (tertiary alicyclic amines) is 1. The molecule has 0 radical (unpaired) electrons. The summed E-state index contributed by atoms with van der Waals surface area (Å²) in [5.41, 5.74) is 3.20. The molecule has 5 heteroatoms. The van der Waals surface area contributed by atoms with Crippen molar-refractivity contribution >= 4 is 17.5 Å². The van der Waals surface area contributed by atoms with Gasteiger partial charge in [0, 0.05) is 24.3 Å². The predicted octanol–water partition coefficient (Wildman–Crippen LogP) is 2.77. The van der Waals surface area contributed by atoms with Crippen LogP contribution in [0.2, 0.25) is 0 Å². The maximum Gasteiger partial charge on any atom is 0.255 e. The molecule has 2 aromatic rings. The Morgan fingerprint density at radius 2 is 1.73 bits per heavy atom. The molecule has 2 amide bonds. The number of rotatable bonds is 4. The number of anilines is 1. The minimum absolute atomic E-state index is 0.0774. The number of aryl methyl sites for hydroxylation is 1. The van der Waals surface area contributed by atoms with Crippen LogP contribution in [0, 0.1) is 6.92 Å². The molecule has 1 saturated heterocycles. The van der Waals surface area contributed by atoms with E-state index in [1.54, 1.807) is 11.0 Å². The Morgan fingerprint density at radius 1 is 1.08 bits per heavy atom. The average Bonchev–Trinajstić information content (AvgIpc) is 2.64. The van der Waals surface area contributed by atoms with Gasteiger partial charge >= 0.3 is 0 Å². The number of aliphatic hydroxyl groups is 1. The molecule has 0 unspecified atom stereocenters. The summed E-state index contributed by atoms with van der Waals surface area (Å²) in [4.78, 5) is 26.5. The monoisotopic (exact) mass is 352 g/mol. The van der Waals surface area contributed by atoms with Crippen molar-refractivity contribution in [2.45, 2.75) is 32.3 Å². The minimum Gasteiger partial charge on any atom is -0.393 e. The summed E-state index contributed by atoms with van der Waals surface area (Å²) in [6.07, 6.45) is 1.35. The third-order valence-electron chi connectivity index (χ3n) is 4.77. The quantitative estimate of drug-likeness (QED) is 0.889. The van der Waals surface area contributed by atoms with E-state index in [0.717, 1.165) is 11.1 Å². The van der Waals surface area contributed by atoms with Crippen molar-refractivity contribution in [3.63, 3.8) is 0 Å². The van der Waals surface area contributed by atoms with Crippen molar-refractivity contribution in [1.29, 1.82) is 0 Å². The first kappa shape index (κ1) is 18.1. The van der Waals surface area contributed by atoms with Crippen LogP contribution in [0.25, 0.3) is 0 Å². The highest BCUT2D eigenvalue weighted by atomic mass is 16.3. The molecule has 0 aliphatic carbocycles. The molecule has 26 heavy (non-hydrogen) atoms. The fraction of sp³-hybridized carbons (Fsp3) is 0.333. The molecular weight excluding hydrogens is 328 g/mol. The number of nitrogens with one attached hydrogen (secondary N) is 1. The Balaban J connectivity index is 1.57. The Bertz CT molecular complexity index is 778. The highest BCUT2D eigenvalue weighted by Crippen LogP contribution is 2.16. The van der Waals surface area contributed by atoms with Crippen molar-refractivity contribution in [2.75, 3.05) is 18.4 Å². The van der Waals surface area contributed by atoms with Crippen molar-refractivity contribution < 1.29 is 14.7 Å². The molecular formula is C21H24N2O3. The first-order chi connectivity index (χ1) is 12.5. The Morgan fingerprint density at radius 3 is 2.38 bits per heavy atom. The molecule has 2 aromatic carbocycles. The molecule has 0 atom stereocenters. The van der Waals surface area contributed by atoms with Gasteiger partial charge in [0.05, 0.1) is 12.5 Å². The number of aliphatic hydroxyl groups excluding tert-OH is 1. The van der Waals surface area contributed by atoms with Gasteiger partial charge in [-0.25, -0.2) is 0 Å². The van der Waals surface area contributed by atoms with E-state index in [-0.39, 0.29) is 17.9 Å². The Hall–Kier alpha value is -2.66. The molecule has 136 valence electrons. The Kier molecular flexibility index (Phi) is 5.68. The van der Waals surface area contributed by atoms with Crippen LogP contribution in [0.4, 0.5) is 5.69 Å². The lowest BCUT2D eigenvalue weighted by atomic mass is 10.1. The van der Waals surface area contributed by atoms with Gasteiger partial charge in [-0.05, 0) is 49.1 Å².